The first kappa shape index (κ1) is 21.9. The number of alkyl halides is 2. The second-order valence-electron chi connectivity index (χ2n) is 10.1. The Bertz CT molecular complexity index is 1460. The number of morpholine rings is 1. The van der Waals surface area contributed by atoms with Gasteiger partial charge in [-0.3, -0.25) is 9.48 Å². The third kappa shape index (κ3) is 3.70. The smallest absolute Gasteiger partial charge is 0.265 e. The van der Waals surface area contributed by atoms with Crippen LogP contribution in [-0.2, 0) is 10.3 Å². The Balaban J connectivity index is 1.34. The van der Waals surface area contributed by atoms with Crippen molar-refractivity contribution < 1.29 is 18.3 Å². The van der Waals surface area contributed by atoms with Crippen molar-refractivity contribution in [2.24, 2.45) is 0 Å². The monoisotopic (exact) mass is 481 g/mol. The van der Waals surface area contributed by atoms with E-state index in [0.29, 0.717) is 23.2 Å². The molecule has 0 saturated carbocycles. The van der Waals surface area contributed by atoms with E-state index < -0.39 is 12.3 Å². The lowest BCUT2D eigenvalue weighted by molar-refractivity contribution is 0.0988. The van der Waals surface area contributed by atoms with Crippen LogP contribution in [0, 0.1) is 0 Å². The Labute approximate surface area is 199 Å². The van der Waals surface area contributed by atoms with Gasteiger partial charge in [-0.05, 0) is 45.4 Å². The predicted octanol–water partition coefficient (Wildman–Crippen LogP) is 4.00. The van der Waals surface area contributed by atoms with Crippen molar-refractivity contribution in [3.05, 3.63) is 47.9 Å². The van der Waals surface area contributed by atoms with E-state index in [1.807, 2.05) is 26.8 Å². The number of aromatic nitrogens is 5. The Kier molecular flexibility index (Phi) is 4.82. The van der Waals surface area contributed by atoms with E-state index in [2.05, 4.69) is 25.4 Å². The maximum absolute atomic E-state index is 13.9. The van der Waals surface area contributed by atoms with Gasteiger partial charge in [-0.2, -0.15) is 10.2 Å². The molecule has 9 nitrogen and oxygen atoms in total. The van der Waals surface area contributed by atoms with Crippen molar-refractivity contribution in [3.8, 4) is 0 Å². The van der Waals surface area contributed by atoms with Gasteiger partial charge in [0.1, 0.15) is 11.4 Å². The second kappa shape index (κ2) is 7.70. The third-order valence-electron chi connectivity index (χ3n) is 6.64. The van der Waals surface area contributed by atoms with Crippen molar-refractivity contribution >= 4 is 34.0 Å². The molecule has 5 heterocycles. The normalized spacial score (nSPS) is 20.0. The third-order valence-corrected chi connectivity index (χ3v) is 6.64. The number of amides is 1. The van der Waals surface area contributed by atoms with Gasteiger partial charge in [-0.1, -0.05) is 0 Å². The molecule has 2 fully saturated rings. The molecule has 4 aromatic rings. The predicted molar refractivity (Wildman–Crippen MR) is 126 cm³/mol. The largest absolute Gasteiger partial charge is 0.374 e. The van der Waals surface area contributed by atoms with Crippen LogP contribution in [-0.4, -0.2) is 55.6 Å². The fourth-order valence-corrected chi connectivity index (χ4v) is 4.77. The molecule has 2 saturated heterocycles. The molecule has 35 heavy (non-hydrogen) atoms. The first-order chi connectivity index (χ1) is 16.7. The average Bonchev–Trinajstić information content (AvgIpc) is 3.59. The van der Waals surface area contributed by atoms with Gasteiger partial charge < -0.3 is 15.0 Å². The number of benzene rings is 1. The summed E-state index contributed by atoms with van der Waals surface area (Å²) in [7, 11) is 0. The number of anilines is 2. The van der Waals surface area contributed by atoms with Crippen molar-refractivity contribution in [2.75, 3.05) is 23.4 Å². The molecule has 3 aromatic heterocycles. The minimum atomic E-state index is -2.78. The molecule has 2 aliphatic heterocycles. The molecule has 6 rings (SSSR count). The van der Waals surface area contributed by atoms with Crippen LogP contribution < -0.4 is 10.2 Å². The van der Waals surface area contributed by atoms with Gasteiger partial charge in [-0.25, -0.2) is 18.3 Å². The highest BCUT2D eigenvalue weighted by atomic mass is 19.3. The minimum absolute atomic E-state index is 0.0375. The van der Waals surface area contributed by atoms with E-state index in [-0.39, 0.29) is 34.5 Å². The summed E-state index contributed by atoms with van der Waals surface area (Å²) in [6.07, 6.45) is 3.32. The van der Waals surface area contributed by atoms with Crippen molar-refractivity contribution in [1.82, 2.24) is 24.4 Å². The van der Waals surface area contributed by atoms with Crippen molar-refractivity contribution in [1.29, 1.82) is 0 Å². The first-order valence-electron chi connectivity index (χ1n) is 11.5. The Hall–Kier alpha value is -3.60. The fourth-order valence-electron chi connectivity index (χ4n) is 4.77. The molecule has 2 aliphatic rings. The Morgan fingerprint density at radius 2 is 2.11 bits per heavy atom. The second-order valence-corrected chi connectivity index (χ2v) is 10.1. The van der Waals surface area contributed by atoms with Crippen LogP contribution in [0.1, 0.15) is 49.5 Å². The highest BCUT2D eigenvalue weighted by Gasteiger charge is 2.39. The zero-order valence-corrected chi connectivity index (χ0v) is 19.6. The zero-order valence-electron chi connectivity index (χ0n) is 19.6. The standard InChI is InChI=1S/C24H25F2N7O2/c1-24(2,3)33-10-13-6-19(16(21(25)26)8-18(13)30-33)28-23(34)17-9-27-32-5-4-20(29-22(17)32)31-11-15-7-14(31)12-35-15/h4-6,8-10,14-15,21H,7,11-12H2,1-3H3,(H,28,34)/t14-,15-/m1/s1. The van der Waals surface area contributed by atoms with Crippen molar-refractivity contribution in [2.45, 2.75) is 51.3 Å². The SMILES string of the molecule is CC(C)(C)n1cc2cc(NC(=O)c3cnn4ccc(N5C[C@H]6C[C@@H]5CO6)nc34)c(C(F)F)cc2n1. The molecule has 11 heteroatoms. The summed E-state index contributed by atoms with van der Waals surface area (Å²) in [6.45, 7) is 7.34. The molecular formula is C24H25F2N7O2. The van der Waals surface area contributed by atoms with E-state index in [0.717, 1.165) is 18.8 Å². The van der Waals surface area contributed by atoms with Gasteiger partial charge in [0, 0.05) is 29.9 Å². The van der Waals surface area contributed by atoms with Gasteiger partial charge >= 0.3 is 0 Å². The molecule has 1 aromatic carbocycles. The summed E-state index contributed by atoms with van der Waals surface area (Å²) in [5, 5.41) is 12.0. The molecule has 0 unspecified atom stereocenters. The van der Waals surface area contributed by atoms with Gasteiger partial charge in [0.05, 0.1) is 41.7 Å². The summed E-state index contributed by atoms with van der Waals surface area (Å²) >= 11 is 0. The molecule has 2 bridgehead atoms. The summed E-state index contributed by atoms with van der Waals surface area (Å²) in [4.78, 5) is 20.1. The number of nitrogens with zero attached hydrogens (tertiary/aromatic N) is 6. The first-order valence-corrected chi connectivity index (χ1v) is 11.5. The van der Waals surface area contributed by atoms with Gasteiger partial charge in [0.2, 0.25) is 0 Å². The van der Waals surface area contributed by atoms with E-state index in [4.69, 9.17) is 4.74 Å². The lowest BCUT2D eigenvalue weighted by Crippen LogP contribution is -2.37. The number of ether oxygens (including phenoxy) is 1. The quantitative estimate of drug-likeness (QED) is 0.474. The topological polar surface area (TPSA) is 89.6 Å². The van der Waals surface area contributed by atoms with Gasteiger partial charge in [0.25, 0.3) is 12.3 Å². The molecular weight excluding hydrogens is 456 g/mol. The van der Waals surface area contributed by atoms with Crippen LogP contribution in [0.4, 0.5) is 20.3 Å². The van der Waals surface area contributed by atoms with Crippen LogP contribution in [0.15, 0.2) is 36.8 Å². The van der Waals surface area contributed by atoms with E-state index >= 15 is 0 Å². The van der Waals surface area contributed by atoms with Crippen LogP contribution in [0.5, 0.6) is 0 Å². The van der Waals surface area contributed by atoms with E-state index in [1.165, 1.54) is 22.8 Å². The molecule has 2 atom stereocenters. The average molecular weight is 482 g/mol. The molecule has 1 N–H and O–H groups in total. The number of hydrogen-bond donors (Lipinski definition) is 1. The lowest BCUT2D eigenvalue weighted by atomic mass is 10.1. The minimum Gasteiger partial charge on any atom is -0.374 e. The molecule has 0 radical (unpaired) electrons. The van der Waals surface area contributed by atoms with Crippen LogP contribution in [0.2, 0.25) is 0 Å². The Morgan fingerprint density at radius 1 is 1.29 bits per heavy atom. The molecule has 1 amide bonds. The number of carbonyl (C=O) groups excluding carboxylic acids is 1. The van der Waals surface area contributed by atoms with E-state index in [9.17, 15) is 13.6 Å². The van der Waals surface area contributed by atoms with Gasteiger partial charge in [-0.15, -0.1) is 0 Å². The molecule has 0 aliphatic carbocycles. The number of carbonyl (C=O) groups is 1. The number of fused-ring (bicyclic) bond motifs is 4. The molecule has 182 valence electrons. The number of nitrogens with one attached hydrogen (secondary N) is 1. The molecule has 0 spiro atoms. The summed E-state index contributed by atoms with van der Waals surface area (Å²) in [5.74, 6) is 0.188. The summed E-state index contributed by atoms with van der Waals surface area (Å²) in [5.41, 5.74) is 0.453. The number of hydrogen-bond acceptors (Lipinski definition) is 6. The van der Waals surface area contributed by atoms with Crippen LogP contribution in [0.25, 0.3) is 16.6 Å². The Morgan fingerprint density at radius 3 is 2.80 bits per heavy atom. The highest BCUT2D eigenvalue weighted by molar-refractivity contribution is 6.09. The summed E-state index contributed by atoms with van der Waals surface area (Å²) in [6, 6.07) is 4.99. The van der Waals surface area contributed by atoms with Crippen LogP contribution in [0.3, 0.4) is 0 Å². The maximum atomic E-state index is 13.9. The number of halogens is 2. The highest BCUT2D eigenvalue weighted by Crippen LogP contribution is 2.34. The summed E-state index contributed by atoms with van der Waals surface area (Å²) < 4.78 is 36.7. The van der Waals surface area contributed by atoms with E-state index in [1.54, 1.807) is 17.1 Å². The zero-order chi connectivity index (χ0) is 24.5. The van der Waals surface area contributed by atoms with Crippen molar-refractivity contribution in [3.63, 3.8) is 0 Å². The maximum Gasteiger partial charge on any atom is 0.265 e. The van der Waals surface area contributed by atoms with Gasteiger partial charge in [0.15, 0.2) is 5.65 Å². The lowest BCUT2D eigenvalue weighted by Gasteiger charge is -2.27. The fraction of sp³-hybridized carbons (Fsp3) is 0.417. The number of rotatable bonds is 4. The van der Waals surface area contributed by atoms with Crippen LogP contribution >= 0.6 is 0 Å².